The Kier molecular flexibility index (Phi) is 5.69. The third-order valence-electron chi connectivity index (χ3n) is 1.42. The Hall–Kier alpha value is -1.32. The highest BCUT2D eigenvalue weighted by molar-refractivity contribution is 5.34. The van der Waals surface area contributed by atoms with Crippen LogP contribution in [0, 0.1) is 28.6 Å². The summed E-state index contributed by atoms with van der Waals surface area (Å²) < 4.78 is 4.91. The zero-order valence-corrected chi connectivity index (χ0v) is 7.37. The molecule has 0 amide bonds. The van der Waals surface area contributed by atoms with Crippen molar-refractivity contribution in [3.05, 3.63) is 11.6 Å². The highest BCUT2D eigenvalue weighted by atomic mass is 16.5. The van der Waals surface area contributed by atoms with Gasteiger partial charge in [0.25, 0.3) is 0 Å². The fourth-order valence-corrected chi connectivity index (χ4v) is 0.788. The van der Waals surface area contributed by atoms with E-state index in [-0.39, 0.29) is 5.57 Å². The van der Waals surface area contributed by atoms with Gasteiger partial charge in [-0.05, 0) is 12.3 Å². The van der Waals surface area contributed by atoms with Gasteiger partial charge >= 0.3 is 0 Å². The Balaban J connectivity index is 3.89. The van der Waals surface area contributed by atoms with Gasteiger partial charge in [-0.2, -0.15) is 10.5 Å². The maximum absolute atomic E-state index is 8.40. The first kappa shape index (κ1) is 10.7. The maximum atomic E-state index is 8.40. The molecule has 64 valence electrons. The predicted octanol–water partition coefficient (Wildman–Crippen LogP) is 1.63. The topological polar surface area (TPSA) is 56.8 Å². The van der Waals surface area contributed by atoms with E-state index < -0.39 is 0 Å². The van der Waals surface area contributed by atoms with E-state index in [4.69, 9.17) is 15.3 Å². The molecule has 0 fully saturated rings. The molecule has 0 heterocycles. The van der Waals surface area contributed by atoms with Crippen molar-refractivity contribution in [2.24, 2.45) is 5.92 Å². The van der Waals surface area contributed by atoms with Crippen molar-refractivity contribution in [1.29, 1.82) is 10.5 Å². The minimum absolute atomic E-state index is 0.179. The summed E-state index contributed by atoms with van der Waals surface area (Å²) in [6.45, 7) is 2.66. The van der Waals surface area contributed by atoms with E-state index >= 15 is 0 Å². The third kappa shape index (κ3) is 4.49. The maximum Gasteiger partial charge on any atom is 0.125 e. The van der Waals surface area contributed by atoms with Gasteiger partial charge in [-0.15, -0.1) is 0 Å². The summed E-state index contributed by atoms with van der Waals surface area (Å²) in [6, 6.07) is 3.62. The summed E-state index contributed by atoms with van der Waals surface area (Å²) in [5.74, 6) is 0.353. The molecular weight excluding hydrogens is 152 g/mol. The molecule has 3 nitrogen and oxygen atoms in total. The van der Waals surface area contributed by atoms with Gasteiger partial charge in [0.05, 0.1) is 0 Å². The molecule has 0 saturated heterocycles. The molecule has 0 bridgehead atoms. The number of rotatable bonds is 4. The molecular formula is C9H12N2O. The number of ether oxygens (including phenoxy) is 1. The number of hydrogen-bond donors (Lipinski definition) is 0. The number of hydrogen-bond acceptors (Lipinski definition) is 3. The minimum atomic E-state index is 0.179. The predicted molar refractivity (Wildman–Crippen MR) is 45.0 cm³/mol. The average Bonchev–Trinajstić information content (AvgIpc) is 2.07. The number of allylic oxidation sites excluding steroid dienone is 2. The fourth-order valence-electron chi connectivity index (χ4n) is 0.788. The summed E-state index contributed by atoms with van der Waals surface area (Å²) in [7, 11) is 1.63. The van der Waals surface area contributed by atoms with Gasteiger partial charge < -0.3 is 4.74 Å². The van der Waals surface area contributed by atoms with Gasteiger partial charge in [-0.3, -0.25) is 0 Å². The highest BCUT2D eigenvalue weighted by Gasteiger charge is 1.99. The van der Waals surface area contributed by atoms with Gasteiger partial charge in [-0.25, -0.2) is 0 Å². The van der Waals surface area contributed by atoms with Gasteiger partial charge in [0.15, 0.2) is 0 Å². The van der Waals surface area contributed by atoms with Gasteiger partial charge in [0.1, 0.15) is 17.7 Å². The lowest BCUT2D eigenvalue weighted by Gasteiger charge is -2.05. The molecule has 0 unspecified atom stereocenters. The van der Waals surface area contributed by atoms with Crippen LogP contribution in [0.25, 0.3) is 0 Å². The Morgan fingerprint density at radius 3 is 2.50 bits per heavy atom. The average molecular weight is 164 g/mol. The van der Waals surface area contributed by atoms with E-state index in [0.29, 0.717) is 18.9 Å². The molecule has 1 atom stereocenters. The normalized spacial score (nSPS) is 11.0. The van der Waals surface area contributed by atoms with Crippen LogP contribution in [0.5, 0.6) is 0 Å². The molecule has 0 N–H and O–H groups in total. The van der Waals surface area contributed by atoms with E-state index in [1.54, 1.807) is 13.2 Å². The third-order valence-corrected chi connectivity index (χ3v) is 1.42. The van der Waals surface area contributed by atoms with Crippen LogP contribution in [0.15, 0.2) is 11.6 Å². The first-order valence-electron chi connectivity index (χ1n) is 3.73. The van der Waals surface area contributed by atoms with Crippen LogP contribution in [0.1, 0.15) is 13.3 Å². The van der Waals surface area contributed by atoms with Crippen molar-refractivity contribution >= 4 is 0 Å². The summed E-state index contributed by atoms with van der Waals surface area (Å²) in [4.78, 5) is 0. The molecule has 0 radical (unpaired) electrons. The summed E-state index contributed by atoms with van der Waals surface area (Å²) in [5, 5.41) is 16.8. The van der Waals surface area contributed by atoms with Crippen molar-refractivity contribution in [3.8, 4) is 12.1 Å². The van der Waals surface area contributed by atoms with Crippen LogP contribution < -0.4 is 0 Å². The van der Waals surface area contributed by atoms with Crippen LogP contribution in [0.2, 0.25) is 0 Å². The molecule has 0 aromatic rings. The second kappa shape index (κ2) is 6.39. The van der Waals surface area contributed by atoms with Crippen LogP contribution in [-0.2, 0) is 4.74 Å². The zero-order valence-electron chi connectivity index (χ0n) is 7.37. The molecule has 0 aliphatic carbocycles. The van der Waals surface area contributed by atoms with E-state index in [1.807, 2.05) is 19.1 Å². The molecule has 0 saturated carbocycles. The Bertz CT molecular complexity index is 216. The molecule has 0 aliphatic heterocycles. The van der Waals surface area contributed by atoms with Gasteiger partial charge in [0.2, 0.25) is 0 Å². The smallest absolute Gasteiger partial charge is 0.125 e. The first-order valence-corrected chi connectivity index (χ1v) is 3.73. The van der Waals surface area contributed by atoms with Gasteiger partial charge in [-0.1, -0.05) is 13.0 Å². The standard InChI is InChI=1S/C9H12N2O/c1-8(7-12-2)3-4-9(5-10)6-11/h4,8H,3,7H2,1-2H3/t8-/m0/s1. The van der Waals surface area contributed by atoms with E-state index in [9.17, 15) is 0 Å². The van der Waals surface area contributed by atoms with Crippen LogP contribution in [0.3, 0.4) is 0 Å². The Labute approximate surface area is 72.9 Å². The molecule has 0 aromatic carbocycles. The van der Waals surface area contributed by atoms with E-state index in [1.165, 1.54) is 0 Å². The van der Waals surface area contributed by atoms with Crippen LogP contribution in [0.4, 0.5) is 0 Å². The monoisotopic (exact) mass is 164 g/mol. The largest absolute Gasteiger partial charge is 0.384 e. The second-order valence-electron chi connectivity index (χ2n) is 2.64. The molecule has 0 spiro atoms. The summed E-state index contributed by atoms with van der Waals surface area (Å²) in [5.41, 5.74) is 0.179. The summed E-state index contributed by atoms with van der Waals surface area (Å²) in [6.07, 6.45) is 2.36. The van der Waals surface area contributed by atoms with Crippen LogP contribution in [-0.4, -0.2) is 13.7 Å². The van der Waals surface area contributed by atoms with Crippen molar-refractivity contribution < 1.29 is 4.74 Å². The van der Waals surface area contributed by atoms with Crippen LogP contribution >= 0.6 is 0 Å². The Morgan fingerprint density at radius 2 is 2.08 bits per heavy atom. The van der Waals surface area contributed by atoms with Crippen molar-refractivity contribution in [2.75, 3.05) is 13.7 Å². The number of nitriles is 2. The molecule has 3 heteroatoms. The van der Waals surface area contributed by atoms with Crippen molar-refractivity contribution in [3.63, 3.8) is 0 Å². The number of nitrogens with zero attached hydrogens (tertiary/aromatic N) is 2. The second-order valence-corrected chi connectivity index (χ2v) is 2.64. The van der Waals surface area contributed by atoms with E-state index in [2.05, 4.69) is 0 Å². The fraction of sp³-hybridized carbons (Fsp3) is 0.556. The SMILES string of the molecule is COC[C@@H](C)CC=C(C#N)C#N. The highest BCUT2D eigenvalue weighted by Crippen LogP contribution is 2.04. The lowest BCUT2D eigenvalue weighted by atomic mass is 10.1. The van der Waals surface area contributed by atoms with Gasteiger partial charge in [0, 0.05) is 13.7 Å². The molecule has 0 rings (SSSR count). The zero-order chi connectivity index (χ0) is 9.40. The lowest BCUT2D eigenvalue weighted by molar-refractivity contribution is 0.161. The summed E-state index contributed by atoms with van der Waals surface area (Å²) >= 11 is 0. The first-order chi connectivity index (χ1) is 5.74. The van der Waals surface area contributed by atoms with Crippen molar-refractivity contribution in [2.45, 2.75) is 13.3 Å². The lowest BCUT2D eigenvalue weighted by Crippen LogP contribution is -2.01. The van der Waals surface area contributed by atoms with Crippen molar-refractivity contribution in [1.82, 2.24) is 0 Å². The molecule has 0 aromatic heterocycles. The number of methoxy groups -OCH3 is 1. The minimum Gasteiger partial charge on any atom is -0.384 e. The quantitative estimate of drug-likeness (QED) is 0.593. The molecule has 0 aliphatic rings. The molecule has 12 heavy (non-hydrogen) atoms. The Morgan fingerprint density at radius 1 is 1.50 bits per heavy atom. The van der Waals surface area contributed by atoms with E-state index in [0.717, 1.165) is 0 Å².